The quantitative estimate of drug-likeness (QED) is 0.707. The zero-order valence-corrected chi connectivity index (χ0v) is 7.68. The van der Waals surface area contributed by atoms with Gasteiger partial charge >= 0.3 is 0 Å². The third kappa shape index (κ3) is 2.13. The Labute approximate surface area is 85.4 Å². The maximum atomic E-state index is 7.14. The van der Waals surface area contributed by atoms with E-state index in [1.807, 2.05) is 54.6 Å². The molecule has 0 aliphatic carbocycles. The molecule has 0 saturated carbocycles. The maximum absolute atomic E-state index is 7.14. The lowest BCUT2D eigenvalue weighted by Crippen LogP contribution is -1.83. The first-order chi connectivity index (χ1) is 7.38. The Morgan fingerprint density at radius 3 is 2.50 bits per heavy atom. The second-order valence-corrected chi connectivity index (χ2v) is 2.99. The zero-order chi connectivity index (χ0) is 10.5. The highest BCUT2D eigenvalue weighted by Crippen LogP contribution is 2.21. The molecule has 0 aliphatic heterocycles. The van der Waals surface area contributed by atoms with Gasteiger partial charge in [-0.15, -0.1) is 0 Å². The summed E-state index contributed by atoms with van der Waals surface area (Å²) in [5.41, 5.74) is 0.837. The molecule has 0 atom stereocenters. The van der Waals surface area contributed by atoms with Crippen LogP contribution in [0.2, 0.25) is 0 Å². The Hall–Kier alpha value is -1.76. The van der Waals surface area contributed by atoms with Crippen molar-refractivity contribution in [3.8, 4) is 11.5 Å². The van der Waals surface area contributed by atoms with Crippen LogP contribution in [0.25, 0.3) is 0 Å². The number of para-hydroxylation sites is 1. The number of hydrogen-bond acceptors (Lipinski definition) is 1. The van der Waals surface area contributed by atoms with Gasteiger partial charge in [-0.2, -0.15) is 0 Å². The highest BCUT2D eigenvalue weighted by Gasteiger charge is 1.95. The zero-order valence-electron chi connectivity index (χ0n) is 8.68. The van der Waals surface area contributed by atoms with E-state index in [2.05, 4.69) is 0 Å². The molecule has 1 nitrogen and oxygen atoms in total. The average Bonchev–Trinajstić information content (AvgIpc) is 2.31. The van der Waals surface area contributed by atoms with Crippen LogP contribution < -0.4 is 4.74 Å². The molecule has 0 saturated heterocycles. The molecule has 14 heavy (non-hydrogen) atoms. The van der Waals surface area contributed by atoms with Crippen molar-refractivity contribution < 1.29 is 6.11 Å². The predicted molar refractivity (Wildman–Crippen MR) is 57.4 cm³/mol. The number of hydrogen-bond donors (Lipinski definition) is 0. The Kier molecular flexibility index (Phi) is 2.16. The first-order valence-corrected chi connectivity index (χ1v) is 4.43. The smallest absolute Gasteiger partial charge is 0.127 e. The molecular weight excluding hydrogens is 172 g/mol. The SMILES string of the molecule is [2H][CH]c1cccc(Oc2ccccc2)c1. The molecule has 0 unspecified atom stereocenters. The number of benzene rings is 2. The summed E-state index contributed by atoms with van der Waals surface area (Å²) in [6.45, 7) is 1.30. The van der Waals surface area contributed by atoms with Gasteiger partial charge in [-0.3, -0.25) is 0 Å². The van der Waals surface area contributed by atoms with Crippen molar-refractivity contribution in [1.29, 1.82) is 0 Å². The fourth-order valence-electron chi connectivity index (χ4n) is 1.20. The molecule has 69 valence electrons. The minimum atomic E-state index is 0.752. The summed E-state index contributed by atoms with van der Waals surface area (Å²) in [5.74, 6) is 1.56. The van der Waals surface area contributed by atoms with Gasteiger partial charge < -0.3 is 4.74 Å². The standard InChI is InChI=1S/C13H11O/c1-11-6-5-9-13(10-11)14-12-7-3-2-4-8-12/h2-10H,1H2/i1D. The minimum Gasteiger partial charge on any atom is -0.457 e. The molecule has 0 bridgehead atoms. The summed E-state index contributed by atoms with van der Waals surface area (Å²) in [5, 5.41) is 0. The first-order valence-electron chi connectivity index (χ1n) is 5.01. The monoisotopic (exact) mass is 184 g/mol. The van der Waals surface area contributed by atoms with Crippen molar-refractivity contribution in [2.24, 2.45) is 0 Å². The highest BCUT2D eigenvalue weighted by molar-refractivity contribution is 5.34. The average molecular weight is 184 g/mol. The van der Waals surface area contributed by atoms with E-state index in [9.17, 15) is 0 Å². The fraction of sp³-hybridized carbons (Fsp3) is 0. The van der Waals surface area contributed by atoms with Gasteiger partial charge in [-0.1, -0.05) is 30.3 Å². The van der Waals surface area contributed by atoms with Crippen LogP contribution in [0.1, 0.15) is 6.93 Å². The van der Waals surface area contributed by atoms with Gasteiger partial charge in [0.25, 0.3) is 0 Å². The van der Waals surface area contributed by atoms with Crippen molar-refractivity contribution in [3.63, 3.8) is 0 Å². The minimum absolute atomic E-state index is 0.752. The molecular formula is C13H11O. The van der Waals surface area contributed by atoms with Crippen LogP contribution in [0, 0.1) is 6.90 Å². The van der Waals surface area contributed by atoms with Gasteiger partial charge in [0, 0.05) is 1.37 Å². The normalized spacial score (nSPS) is 10.7. The van der Waals surface area contributed by atoms with Crippen molar-refractivity contribution >= 4 is 0 Å². The third-order valence-electron chi connectivity index (χ3n) is 1.84. The van der Waals surface area contributed by atoms with Gasteiger partial charge in [0.05, 0.1) is 0 Å². The molecule has 0 fully saturated rings. The predicted octanol–water partition coefficient (Wildman–Crippen LogP) is 3.66. The van der Waals surface area contributed by atoms with Crippen molar-refractivity contribution in [3.05, 3.63) is 67.1 Å². The molecule has 0 amide bonds. The topological polar surface area (TPSA) is 9.23 Å². The van der Waals surface area contributed by atoms with E-state index in [0.29, 0.717) is 0 Å². The molecule has 2 aromatic rings. The van der Waals surface area contributed by atoms with Gasteiger partial charge in [0.1, 0.15) is 11.5 Å². The van der Waals surface area contributed by atoms with Crippen LogP contribution in [0.5, 0.6) is 11.5 Å². The maximum Gasteiger partial charge on any atom is 0.127 e. The van der Waals surface area contributed by atoms with Crippen LogP contribution in [0.4, 0.5) is 0 Å². The molecule has 1 heteroatoms. The van der Waals surface area contributed by atoms with Crippen molar-refractivity contribution in [2.45, 2.75) is 0 Å². The second kappa shape index (κ2) is 3.97. The first kappa shape index (κ1) is 7.63. The molecule has 0 heterocycles. The van der Waals surface area contributed by atoms with Crippen molar-refractivity contribution in [2.75, 3.05) is 0 Å². The summed E-state index contributed by atoms with van der Waals surface area (Å²) < 4.78 is 12.8. The molecule has 0 N–H and O–H groups in total. The molecule has 2 rings (SSSR count). The van der Waals surface area contributed by atoms with E-state index < -0.39 is 0 Å². The molecule has 0 aliphatic rings. The third-order valence-corrected chi connectivity index (χ3v) is 1.84. The number of ether oxygens (including phenoxy) is 1. The largest absolute Gasteiger partial charge is 0.457 e. The molecule has 0 spiro atoms. The van der Waals surface area contributed by atoms with E-state index >= 15 is 0 Å². The lowest BCUT2D eigenvalue weighted by molar-refractivity contribution is 0.482. The summed E-state index contributed by atoms with van der Waals surface area (Å²) in [6.07, 6.45) is 0. The van der Waals surface area contributed by atoms with Gasteiger partial charge in [0.2, 0.25) is 0 Å². The Balaban J connectivity index is 2.17. The lowest BCUT2D eigenvalue weighted by Gasteiger charge is -2.05. The van der Waals surface area contributed by atoms with E-state index in [4.69, 9.17) is 6.11 Å². The van der Waals surface area contributed by atoms with Crippen LogP contribution in [-0.4, -0.2) is 0 Å². The molecule has 2 aromatic carbocycles. The molecule has 0 aromatic heterocycles. The second-order valence-electron chi connectivity index (χ2n) is 2.99. The van der Waals surface area contributed by atoms with Crippen LogP contribution >= 0.6 is 0 Å². The summed E-state index contributed by atoms with van der Waals surface area (Å²) in [4.78, 5) is 0. The van der Waals surface area contributed by atoms with Gasteiger partial charge in [0.15, 0.2) is 0 Å². The van der Waals surface area contributed by atoms with E-state index in [-0.39, 0.29) is 0 Å². The Morgan fingerprint density at radius 2 is 1.71 bits per heavy atom. The van der Waals surface area contributed by atoms with Crippen LogP contribution in [-0.2, 0) is 0 Å². The van der Waals surface area contributed by atoms with E-state index in [1.165, 1.54) is 6.90 Å². The number of rotatable bonds is 3. The summed E-state index contributed by atoms with van der Waals surface area (Å²) >= 11 is 0. The summed E-state index contributed by atoms with van der Waals surface area (Å²) in [7, 11) is 0. The Morgan fingerprint density at radius 1 is 0.929 bits per heavy atom. The highest BCUT2D eigenvalue weighted by atomic mass is 16.5. The van der Waals surface area contributed by atoms with E-state index in [0.717, 1.165) is 17.1 Å². The van der Waals surface area contributed by atoms with Gasteiger partial charge in [-0.25, -0.2) is 0 Å². The lowest BCUT2D eigenvalue weighted by atomic mass is 10.2. The summed E-state index contributed by atoms with van der Waals surface area (Å²) in [6, 6.07) is 17.0. The Bertz CT molecular complexity index is 426. The fourth-order valence-corrected chi connectivity index (χ4v) is 1.20. The van der Waals surface area contributed by atoms with Crippen LogP contribution in [0.3, 0.4) is 0 Å². The van der Waals surface area contributed by atoms with Crippen LogP contribution in [0.15, 0.2) is 54.6 Å². The van der Waals surface area contributed by atoms with E-state index in [1.54, 1.807) is 0 Å². The van der Waals surface area contributed by atoms with Gasteiger partial charge in [-0.05, 0) is 36.7 Å². The molecule has 1 radical (unpaired) electrons. The van der Waals surface area contributed by atoms with Crippen molar-refractivity contribution in [1.82, 2.24) is 0 Å².